The monoisotopic (exact) mass is 403 g/mol. The van der Waals surface area contributed by atoms with E-state index in [2.05, 4.69) is 0 Å². The molecule has 0 bridgehead atoms. The Labute approximate surface area is 155 Å². The highest BCUT2D eigenvalue weighted by Gasteiger charge is 2.28. The minimum atomic E-state index is -4.15. The van der Waals surface area contributed by atoms with Gasteiger partial charge in [-0.1, -0.05) is 23.2 Å². The highest BCUT2D eigenvalue weighted by molar-refractivity contribution is 7.92. The van der Waals surface area contributed by atoms with E-state index in [4.69, 9.17) is 33.0 Å². The quantitative estimate of drug-likeness (QED) is 0.796. The van der Waals surface area contributed by atoms with Crippen molar-refractivity contribution in [3.8, 4) is 5.75 Å². The third-order valence-corrected chi connectivity index (χ3v) is 5.57. The van der Waals surface area contributed by atoms with Gasteiger partial charge >= 0.3 is 5.97 Å². The van der Waals surface area contributed by atoms with Crippen molar-refractivity contribution < 1.29 is 23.1 Å². The Hall–Kier alpha value is -1.96. The summed E-state index contributed by atoms with van der Waals surface area (Å²) >= 11 is 11.8. The highest BCUT2D eigenvalue weighted by atomic mass is 35.5. The van der Waals surface area contributed by atoms with E-state index in [9.17, 15) is 13.2 Å². The number of carboxylic acids is 1. The van der Waals surface area contributed by atoms with Crippen LogP contribution in [0.4, 0.5) is 5.69 Å². The van der Waals surface area contributed by atoms with Crippen molar-refractivity contribution in [2.75, 3.05) is 18.0 Å². The summed E-state index contributed by atoms with van der Waals surface area (Å²) < 4.78 is 31.8. The molecule has 9 heteroatoms. The molecule has 0 saturated carbocycles. The van der Waals surface area contributed by atoms with Gasteiger partial charge in [-0.05, 0) is 48.9 Å². The van der Waals surface area contributed by atoms with Crippen molar-refractivity contribution in [1.82, 2.24) is 0 Å². The van der Waals surface area contributed by atoms with E-state index < -0.39 is 22.5 Å². The van der Waals surface area contributed by atoms with Crippen molar-refractivity contribution in [1.29, 1.82) is 0 Å². The van der Waals surface area contributed by atoms with Crippen LogP contribution in [-0.2, 0) is 14.8 Å². The Morgan fingerprint density at radius 1 is 1.16 bits per heavy atom. The van der Waals surface area contributed by atoms with Gasteiger partial charge in [-0.25, -0.2) is 8.42 Å². The molecule has 1 N–H and O–H groups in total. The largest absolute Gasteiger partial charge is 0.496 e. The minimum absolute atomic E-state index is 0.0633. The number of ether oxygens (including phenoxy) is 1. The van der Waals surface area contributed by atoms with E-state index >= 15 is 0 Å². The van der Waals surface area contributed by atoms with E-state index in [1.165, 1.54) is 43.5 Å². The molecule has 0 aromatic heterocycles. The molecule has 0 radical (unpaired) electrons. The number of hydrogen-bond donors (Lipinski definition) is 1. The zero-order valence-electron chi connectivity index (χ0n) is 13.4. The smallest absolute Gasteiger partial charge is 0.324 e. The fourth-order valence-corrected chi connectivity index (χ4v) is 4.26. The zero-order chi connectivity index (χ0) is 18.8. The maximum atomic E-state index is 13.0. The lowest BCUT2D eigenvalue weighted by atomic mass is 10.2. The lowest BCUT2D eigenvalue weighted by Gasteiger charge is -2.23. The second-order valence-electron chi connectivity index (χ2n) is 5.16. The van der Waals surface area contributed by atoms with E-state index in [0.717, 1.165) is 4.31 Å². The van der Waals surface area contributed by atoms with Crippen LogP contribution in [0.3, 0.4) is 0 Å². The van der Waals surface area contributed by atoms with Gasteiger partial charge in [-0.3, -0.25) is 9.10 Å². The SMILES string of the molecule is COc1ccc(S(=O)(=O)N(CC(=O)O)c2cc(Cl)cc(Cl)c2)cc1C. The Bertz CT molecular complexity index is 894. The van der Waals surface area contributed by atoms with E-state index in [-0.39, 0.29) is 20.6 Å². The van der Waals surface area contributed by atoms with Crippen LogP contribution in [0.2, 0.25) is 10.0 Å². The molecule has 2 rings (SSSR count). The number of benzene rings is 2. The number of methoxy groups -OCH3 is 1. The molecule has 0 fully saturated rings. The van der Waals surface area contributed by atoms with Crippen molar-refractivity contribution in [2.45, 2.75) is 11.8 Å². The number of carbonyl (C=O) groups is 1. The van der Waals surface area contributed by atoms with Crippen molar-refractivity contribution >= 4 is 44.9 Å². The number of carboxylic acid groups (broad SMARTS) is 1. The average Bonchev–Trinajstić information content (AvgIpc) is 2.51. The molecule has 0 atom stereocenters. The summed E-state index contributed by atoms with van der Waals surface area (Å²) in [6.45, 7) is 0.916. The summed E-state index contributed by atoms with van der Waals surface area (Å²) in [4.78, 5) is 11.1. The molecule has 2 aromatic rings. The standard InChI is InChI=1S/C16H15Cl2NO5S/c1-10-5-14(3-4-15(10)24-2)25(22,23)19(9-16(20)21)13-7-11(17)6-12(18)8-13/h3-8H,9H2,1-2H3,(H,20,21). The number of aryl methyl sites for hydroxylation is 1. The predicted octanol–water partition coefficient (Wildman–Crippen LogP) is 3.59. The molecule has 2 aromatic carbocycles. The molecule has 0 spiro atoms. The van der Waals surface area contributed by atoms with Gasteiger partial charge in [0.05, 0.1) is 17.7 Å². The molecule has 25 heavy (non-hydrogen) atoms. The predicted molar refractivity (Wildman–Crippen MR) is 96.4 cm³/mol. The second kappa shape index (κ2) is 7.51. The summed E-state index contributed by atoms with van der Waals surface area (Å²) in [5.41, 5.74) is 0.663. The summed E-state index contributed by atoms with van der Waals surface area (Å²) in [6.07, 6.45) is 0. The summed E-state index contributed by atoms with van der Waals surface area (Å²) in [5.74, 6) is -0.792. The molecular weight excluding hydrogens is 389 g/mol. The summed E-state index contributed by atoms with van der Waals surface area (Å²) in [7, 11) is -2.68. The van der Waals surface area contributed by atoms with Gasteiger partial charge in [0.25, 0.3) is 10.0 Å². The molecule has 0 aliphatic heterocycles. The first-order valence-electron chi connectivity index (χ1n) is 7.00. The Kier molecular flexibility index (Phi) is 5.82. The second-order valence-corrected chi connectivity index (χ2v) is 7.90. The third kappa shape index (κ3) is 4.36. The maximum Gasteiger partial charge on any atom is 0.324 e. The minimum Gasteiger partial charge on any atom is -0.496 e. The number of hydrogen-bond acceptors (Lipinski definition) is 4. The van der Waals surface area contributed by atoms with Crippen LogP contribution in [-0.4, -0.2) is 33.1 Å². The first kappa shape index (κ1) is 19.4. The number of anilines is 1. The van der Waals surface area contributed by atoms with Crippen LogP contribution in [0.5, 0.6) is 5.75 Å². The third-order valence-electron chi connectivity index (χ3n) is 3.37. The molecular formula is C16H15Cl2NO5S. The van der Waals surface area contributed by atoms with Gasteiger partial charge < -0.3 is 9.84 Å². The normalized spacial score (nSPS) is 11.2. The zero-order valence-corrected chi connectivity index (χ0v) is 15.7. The van der Waals surface area contributed by atoms with Gasteiger partial charge in [0, 0.05) is 10.0 Å². The molecule has 0 aliphatic rings. The van der Waals surface area contributed by atoms with E-state index in [0.29, 0.717) is 11.3 Å². The Balaban J connectivity index is 2.59. The van der Waals surface area contributed by atoms with E-state index in [1.54, 1.807) is 6.92 Å². The molecule has 0 saturated heterocycles. The summed E-state index contributed by atoms with van der Waals surface area (Å²) in [6, 6.07) is 8.37. The number of rotatable bonds is 6. The van der Waals surface area contributed by atoms with Crippen LogP contribution in [0, 0.1) is 6.92 Å². The Morgan fingerprint density at radius 2 is 1.76 bits per heavy atom. The molecule has 0 unspecified atom stereocenters. The van der Waals surface area contributed by atoms with Gasteiger partial charge in [0.15, 0.2) is 0 Å². The van der Waals surface area contributed by atoms with Crippen molar-refractivity contribution in [2.24, 2.45) is 0 Å². The van der Waals surface area contributed by atoms with Gasteiger partial charge in [-0.15, -0.1) is 0 Å². The molecule has 6 nitrogen and oxygen atoms in total. The van der Waals surface area contributed by atoms with Crippen LogP contribution < -0.4 is 9.04 Å². The topological polar surface area (TPSA) is 83.9 Å². The maximum absolute atomic E-state index is 13.0. The van der Waals surface area contributed by atoms with Gasteiger partial charge in [0.2, 0.25) is 0 Å². The highest BCUT2D eigenvalue weighted by Crippen LogP contribution is 2.31. The fourth-order valence-electron chi connectivity index (χ4n) is 2.26. The molecule has 0 heterocycles. The first-order chi connectivity index (χ1) is 11.6. The van der Waals surface area contributed by atoms with Crippen LogP contribution in [0.25, 0.3) is 0 Å². The number of aliphatic carboxylic acids is 1. The first-order valence-corrected chi connectivity index (χ1v) is 9.20. The van der Waals surface area contributed by atoms with Crippen LogP contribution >= 0.6 is 23.2 Å². The van der Waals surface area contributed by atoms with Gasteiger partial charge in [0.1, 0.15) is 12.3 Å². The van der Waals surface area contributed by atoms with Crippen molar-refractivity contribution in [3.63, 3.8) is 0 Å². The number of sulfonamides is 1. The summed E-state index contributed by atoms with van der Waals surface area (Å²) in [5, 5.41) is 9.53. The lowest BCUT2D eigenvalue weighted by Crippen LogP contribution is -2.35. The number of nitrogens with zero attached hydrogens (tertiary/aromatic N) is 1. The van der Waals surface area contributed by atoms with Crippen LogP contribution in [0.15, 0.2) is 41.3 Å². The fraction of sp³-hybridized carbons (Fsp3) is 0.188. The lowest BCUT2D eigenvalue weighted by molar-refractivity contribution is -0.135. The number of halogens is 2. The molecule has 134 valence electrons. The molecule has 0 amide bonds. The molecule has 0 aliphatic carbocycles. The Morgan fingerprint density at radius 3 is 2.24 bits per heavy atom. The van der Waals surface area contributed by atoms with Crippen molar-refractivity contribution in [3.05, 3.63) is 52.0 Å². The van der Waals surface area contributed by atoms with Crippen LogP contribution in [0.1, 0.15) is 5.56 Å². The average molecular weight is 404 g/mol. The van der Waals surface area contributed by atoms with E-state index in [1.807, 2.05) is 0 Å². The van der Waals surface area contributed by atoms with Gasteiger partial charge in [-0.2, -0.15) is 0 Å².